The highest BCUT2D eigenvalue weighted by Crippen LogP contribution is 2.31. The van der Waals surface area contributed by atoms with E-state index in [0.29, 0.717) is 11.5 Å². The molecule has 4 rings (SSSR count). The maximum atomic E-state index is 12.1. The lowest BCUT2D eigenvalue weighted by molar-refractivity contribution is -0.133. The van der Waals surface area contributed by atoms with Crippen LogP contribution in [0.2, 0.25) is 0 Å². The van der Waals surface area contributed by atoms with Crippen molar-refractivity contribution in [3.05, 3.63) is 71.9 Å². The molecule has 2 aromatic heterocycles. The van der Waals surface area contributed by atoms with Crippen molar-refractivity contribution >= 4 is 44.9 Å². The summed E-state index contributed by atoms with van der Waals surface area (Å²) in [7, 11) is 0. The Balaban J connectivity index is 1.43. The Kier molecular flexibility index (Phi) is 5.05. The molecule has 0 fully saturated rings. The molecule has 2 N–H and O–H groups in total. The number of fused-ring (bicyclic) bond motifs is 1. The standard InChI is InChI=1S/C22H18N4O2S/c1-13-3-9-17-18(11-13)29-22(25-17)15-5-7-16(8-6-15)24-20(27)21(28)26-19-10-4-14(2)12-23-19/h3-12H,1-2H3,(H,24,27)(H,23,26,28). The Labute approximate surface area is 171 Å². The fraction of sp³-hybridized carbons (Fsp3) is 0.0909. The molecule has 0 unspecified atom stereocenters. The summed E-state index contributed by atoms with van der Waals surface area (Å²) < 4.78 is 1.14. The van der Waals surface area contributed by atoms with Crippen LogP contribution in [0.4, 0.5) is 11.5 Å². The minimum atomic E-state index is -0.771. The minimum Gasteiger partial charge on any atom is -0.318 e. The van der Waals surface area contributed by atoms with Crippen LogP contribution in [0.15, 0.2) is 60.8 Å². The van der Waals surface area contributed by atoms with Gasteiger partial charge in [0, 0.05) is 17.4 Å². The molecule has 144 valence electrons. The van der Waals surface area contributed by atoms with Crippen LogP contribution >= 0.6 is 11.3 Å². The Morgan fingerprint density at radius 2 is 1.59 bits per heavy atom. The number of nitrogens with one attached hydrogen (secondary N) is 2. The van der Waals surface area contributed by atoms with E-state index in [1.165, 1.54) is 5.56 Å². The second kappa shape index (κ2) is 7.81. The zero-order valence-corrected chi connectivity index (χ0v) is 16.7. The van der Waals surface area contributed by atoms with E-state index in [4.69, 9.17) is 0 Å². The van der Waals surface area contributed by atoms with E-state index >= 15 is 0 Å². The van der Waals surface area contributed by atoms with Crippen molar-refractivity contribution in [3.63, 3.8) is 0 Å². The first-order valence-corrected chi connectivity index (χ1v) is 9.82. The van der Waals surface area contributed by atoms with Crippen molar-refractivity contribution in [1.29, 1.82) is 0 Å². The van der Waals surface area contributed by atoms with Gasteiger partial charge in [-0.15, -0.1) is 11.3 Å². The summed E-state index contributed by atoms with van der Waals surface area (Å²) in [6, 6.07) is 16.9. The molecule has 0 bridgehead atoms. The SMILES string of the molecule is Cc1ccc(NC(=O)C(=O)Nc2ccc(-c3nc4ccc(C)cc4s3)cc2)nc1. The zero-order chi connectivity index (χ0) is 20.4. The number of benzene rings is 2. The van der Waals surface area contributed by atoms with E-state index in [1.54, 1.807) is 35.7 Å². The Morgan fingerprint density at radius 3 is 2.31 bits per heavy atom. The highest BCUT2D eigenvalue weighted by Gasteiger charge is 2.15. The highest BCUT2D eigenvalue weighted by molar-refractivity contribution is 7.21. The molecule has 0 aliphatic heterocycles. The fourth-order valence-corrected chi connectivity index (χ4v) is 3.82. The topological polar surface area (TPSA) is 84.0 Å². The second-order valence-corrected chi connectivity index (χ2v) is 7.73. The summed E-state index contributed by atoms with van der Waals surface area (Å²) in [6.07, 6.45) is 1.62. The second-order valence-electron chi connectivity index (χ2n) is 6.70. The van der Waals surface area contributed by atoms with Crippen LogP contribution in [0, 0.1) is 13.8 Å². The van der Waals surface area contributed by atoms with Crippen LogP contribution in [0.25, 0.3) is 20.8 Å². The first-order valence-electron chi connectivity index (χ1n) is 9.00. The van der Waals surface area contributed by atoms with Crippen molar-refractivity contribution in [2.24, 2.45) is 0 Å². The number of pyridine rings is 1. The van der Waals surface area contributed by atoms with Gasteiger partial charge in [-0.05, 0) is 67.4 Å². The molecule has 4 aromatic rings. The summed E-state index contributed by atoms with van der Waals surface area (Å²) in [5.74, 6) is -1.19. The number of hydrogen-bond donors (Lipinski definition) is 2. The van der Waals surface area contributed by atoms with Crippen LogP contribution in [0.1, 0.15) is 11.1 Å². The lowest BCUT2D eigenvalue weighted by Gasteiger charge is -2.06. The van der Waals surface area contributed by atoms with Gasteiger partial charge in [0.15, 0.2) is 0 Å². The molecule has 0 radical (unpaired) electrons. The van der Waals surface area contributed by atoms with E-state index < -0.39 is 11.8 Å². The number of amides is 2. The average molecular weight is 402 g/mol. The minimum absolute atomic E-state index is 0.331. The number of aromatic nitrogens is 2. The largest absolute Gasteiger partial charge is 0.318 e. The van der Waals surface area contributed by atoms with Crippen LogP contribution in [-0.2, 0) is 9.59 Å². The maximum absolute atomic E-state index is 12.1. The number of nitrogens with zero attached hydrogens (tertiary/aromatic N) is 2. The quantitative estimate of drug-likeness (QED) is 0.492. The van der Waals surface area contributed by atoms with E-state index in [9.17, 15) is 9.59 Å². The maximum Gasteiger partial charge on any atom is 0.315 e. The third kappa shape index (κ3) is 4.30. The lowest BCUT2D eigenvalue weighted by atomic mass is 10.2. The van der Waals surface area contributed by atoms with Crippen LogP contribution in [-0.4, -0.2) is 21.8 Å². The molecule has 7 heteroatoms. The molecule has 2 heterocycles. The number of carbonyl (C=O) groups is 2. The van der Waals surface area contributed by atoms with Gasteiger partial charge in [-0.25, -0.2) is 9.97 Å². The summed E-state index contributed by atoms with van der Waals surface area (Å²) in [4.78, 5) is 32.9. The number of carbonyl (C=O) groups excluding carboxylic acids is 2. The monoisotopic (exact) mass is 402 g/mol. The van der Waals surface area contributed by atoms with Crippen molar-refractivity contribution in [1.82, 2.24) is 9.97 Å². The van der Waals surface area contributed by atoms with Crippen LogP contribution in [0.5, 0.6) is 0 Å². The first kappa shape index (κ1) is 18.8. The Bertz CT molecular complexity index is 1200. The van der Waals surface area contributed by atoms with Gasteiger partial charge in [0.05, 0.1) is 10.2 Å². The molecule has 0 atom stereocenters. The first-order chi connectivity index (χ1) is 14.0. The molecule has 0 spiro atoms. The molecule has 2 amide bonds. The van der Waals surface area contributed by atoms with E-state index in [2.05, 4.69) is 33.6 Å². The molecule has 29 heavy (non-hydrogen) atoms. The predicted molar refractivity (Wildman–Crippen MR) is 116 cm³/mol. The van der Waals surface area contributed by atoms with Gasteiger partial charge >= 0.3 is 11.8 Å². The number of hydrogen-bond acceptors (Lipinski definition) is 5. The number of anilines is 2. The Morgan fingerprint density at radius 1 is 0.862 bits per heavy atom. The van der Waals surface area contributed by atoms with Gasteiger partial charge in [-0.3, -0.25) is 9.59 Å². The summed E-state index contributed by atoms with van der Waals surface area (Å²) in [5.41, 5.74) is 4.62. The zero-order valence-electron chi connectivity index (χ0n) is 15.9. The molecule has 0 aliphatic rings. The fourth-order valence-electron chi connectivity index (χ4n) is 2.75. The van der Waals surface area contributed by atoms with E-state index in [1.807, 2.05) is 37.3 Å². The van der Waals surface area contributed by atoms with Crippen molar-refractivity contribution in [3.8, 4) is 10.6 Å². The third-order valence-electron chi connectivity index (χ3n) is 4.29. The molecular formula is C22H18N4O2S. The summed E-state index contributed by atoms with van der Waals surface area (Å²) >= 11 is 1.62. The highest BCUT2D eigenvalue weighted by atomic mass is 32.1. The normalized spacial score (nSPS) is 10.7. The van der Waals surface area contributed by atoms with Gasteiger partial charge in [0.25, 0.3) is 0 Å². The number of rotatable bonds is 3. The van der Waals surface area contributed by atoms with Gasteiger partial charge in [0.2, 0.25) is 0 Å². The molecular weight excluding hydrogens is 384 g/mol. The van der Waals surface area contributed by atoms with Gasteiger partial charge < -0.3 is 10.6 Å². The molecule has 6 nitrogen and oxygen atoms in total. The summed E-state index contributed by atoms with van der Waals surface area (Å²) in [5, 5.41) is 5.97. The molecule has 0 saturated heterocycles. The number of aryl methyl sites for hydroxylation is 2. The Hall–Kier alpha value is -3.58. The van der Waals surface area contributed by atoms with E-state index in [-0.39, 0.29) is 0 Å². The van der Waals surface area contributed by atoms with Crippen molar-refractivity contribution in [2.45, 2.75) is 13.8 Å². The van der Waals surface area contributed by atoms with E-state index in [0.717, 1.165) is 26.4 Å². The van der Waals surface area contributed by atoms with Gasteiger partial charge in [-0.1, -0.05) is 12.1 Å². The van der Waals surface area contributed by atoms with Gasteiger partial charge in [-0.2, -0.15) is 0 Å². The van der Waals surface area contributed by atoms with Crippen molar-refractivity contribution < 1.29 is 9.59 Å². The molecule has 0 aliphatic carbocycles. The molecule has 2 aromatic carbocycles. The van der Waals surface area contributed by atoms with Crippen LogP contribution in [0.3, 0.4) is 0 Å². The van der Waals surface area contributed by atoms with Gasteiger partial charge in [0.1, 0.15) is 10.8 Å². The predicted octanol–water partition coefficient (Wildman–Crippen LogP) is 4.55. The van der Waals surface area contributed by atoms with Crippen LogP contribution < -0.4 is 10.6 Å². The average Bonchev–Trinajstić information content (AvgIpc) is 3.13. The smallest absolute Gasteiger partial charge is 0.315 e. The van der Waals surface area contributed by atoms with Crippen molar-refractivity contribution in [2.75, 3.05) is 10.6 Å². The summed E-state index contributed by atoms with van der Waals surface area (Å²) in [6.45, 7) is 3.95. The number of thiazole rings is 1. The lowest BCUT2D eigenvalue weighted by Crippen LogP contribution is -2.29. The third-order valence-corrected chi connectivity index (χ3v) is 5.36. The molecule has 0 saturated carbocycles.